The molecule has 2 aromatic carbocycles. The molecule has 0 atom stereocenters. The third kappa shape index (κ3) is 4.01. The molecule has 29 heavy (non-hydrogen) atoms. The highest BCUT2D eigenvalue weighted by Gasteiger charge is 2.37. The van der Waals surface area contributed by atoms with Crippen LogP contribution in [0.15, 0.2) is 42.5 Å². The van der Waals surface area contributed by atoms with Crippen molar-refractivity contribution in [2.75, 3.05) is 16.8 Å². The van der Waals surface area contributed by atoms with E-state index in [9.17, 15) is 4.79 Å². The summed E-state index contributed by atoms with van der Waals surface area (Å²) >= 11 is 5.72. The highest BCUT2D eigenvalue weighted by molar-refractivity contribution is 7.80. The first-order valence-electron chi connectivity index (χ1n) is 10.5. The molecule has 152 valence electrons. The molecule has 1 amide bonds. The normalized spacial score (nSPS) is 18.1. The van der Waals surface area contributed by atoms with Crippen LogP contribution in [0.4, 0.5) is 11.4 Å². The maximum absolute atomic E-state index is 12.2. The number of nitrogens with zero attached hydrogens (tertiary/aromatic N) is 1. The van der Waals surface area contributed by atoms with Crippen molar-refractivity contribution in [2.24, 2.45) is 0 Å². The van der Waals surface area contributed by atoms with E-state index in [1.807, 2.05) is 24.0 Å². The van der Waals surface area contributed by atoms with Gasteiger partial charge in [-0.3, -0.25) is 4.79 Å². The molecular formula is C24H29N3OS. The van der Waals surface area contributed by atoms with Gasteiger partial charge in [0.15, 0.2) is 5.11 Å². The molecule has 4 nitrogen and oxygen atoms in total. The van der Waals surface area contributed by atoms with Crippen molar-refractivity contribution < 1.29 is 4.79 Å². The summed E-state index contributed by atoms with van der Waals surface area (Å²) in [7, 11) is 0. The Kier molecular flexibility index (Phi) is 5.59. The van der Waals surface area contributed by atoms with E-state index in [2.05, 4.69) is 47.9 Å². The molecule has 0 unspecified atom stereocenters. The molecule has 2 fully saturated rings. The van der Waals surface area contributed by atoms with Crippen molar-refractivity contribution in [3.63, 3.8) is 0 Å². The van der Waals surface area contributed by atoms with E-state index < -0.39 is 0 Å². The smallest absolute Gasteiger partial charge is 0.227 e. The lowest BCUT2D eigenvalue weighted by molar-refractivity contribution is -0.117. The third-order valence-corrected chi connectivity index (χ3v) is 6.51. The van der Waals surface area contributed by atoms with Crippen LogP contribution >= 0.6 is 12.2 Å². The largest absolute Gasteiger partial charge is 0.353 e. The number of anilines is 2. The number of rotatable bonds is 4. The maximum atomic E-state index is 12.2. The van der Waals surface area contributed by atoms with Gasteiger partial charge < -0.3 is 15.5 Å². The second-order valence-electron chi connectivity index (χ2n) is 8.33. The number of aryl methyl sites for hydroxylation is 2. The standard InChI is InChI=1S/C24H29N3OS/c1-17-8-3-4-9-20(17)24(13-5-6-14-24)26-23(29)25-19-12-11-18(2)21(16-19)27-15-7-10-22(27)28/h3-4,8-9,11-12,16H,5-7,10,13-15H2,1-2H3,(H2,25,26,29). The molecule has 1 aliphatic carbocycles. The Morgan fingerprint density at radius 2 is 1.79 bits per heavy atom. The molecule has 2 aromatic rings. The van der Waals surface area contributed by atoms with E-state index in [1.54, 1.807) is 0 Å². The summed E-state index contributed by atoms with van der Waals surface area (Å²) in [4.78, 5) is 14.1. The first-order valence-corrected chi connectivity index (χ1v) is 11.0. The number of hydrogen-bond donors (Lipinski definition) is 2. The van der Waals surface area contributed by atoms with Gasteiger partial charge in [-0.25, -0.2) is 0 Å². The van der Waals surface area contributed by atoms with Gasteiger partial charge in [-0.1, -0.05) is 43.2 Å². The zero-order valence-corrected chi connectivity index (χ0v) is 18.1. The molecule has 0 aromatic heterocycles. The van der Waals surface area contributed by atoms with Gasteiger partial charge >= 0.3 is 0 Å². The van der Waals surface area contributed by atoms with Crippen LogP contribution < -0.4 is 15.5 Å². The van der Waals surface area contributed by atoms with Crippen LogP contribution in [0.1, 0.15) is 55.2 Å². The van der Waals surface area contributed by atoms with Gasteiger partial charge in [0.1, 0.15) is 0 Å². The predicted octanol–water partition coefficient (Wildman–Crippen LogP) is 5.19. The van der Waals surface area contributed by atoms with E-state index >= 15 is 0 Å². The van der Waals surface area contributed by atoms with Crippen molar-refractivity contribution in [1.29, 1.82) is 0 Å². The van der Waals surface area contributed by atoms with E-state index in [-0.39, 0.29) is 11.4 Å². The number of nitrogens with one attached hydrogen (secondary N) is 2. The number of carbonyl (C=O) groups is 1. The average molecular weight is 408 g/mol. The van der Waals surface area contributed by atoms with Gasteiger partial charge in [-0.05, 0) is 74.2 Å². The maximum Gasteiger partial charge on any atom is 0.227 e. The fraction of sp³-hybridized carbons (Fsp3) is 0.417. The monoisotopic (exact) mass is 407 g/mol. The fourth-order valence-electron chi connectivity index (χ4n) is 4.81. The zero-order valence-electron chi connectivity index (χ0n) is 17.3. The summed E-state index contributed by atoms with van der Waals surface area (Å²) < 4.78 is 0. The lowest BCUT2D eigenvalue weighted by Gasteiger charge is -2.34. The quantitative estimate of drug-likeness (QED) is 0.685. The molecule has 1 saturated heterocycles. The molecule has 0 spiro atoms. The minimum Gasteiger partial charge on any atom is -0.353 e. The van der Waals surface area contributed by atoms with Gasteiger partial charge in [0.05, 0.1) is 5.54 Å². The summed E-state index contributed by atoms with van der Waals surface area (Å²) in [6, 6.07) is 14.7. The van der Waals surface area contributed by atoms with E-state index in [0.29, 0.717) is 11.5 Å². The van der Waals surface area contributed by atoms with Crippen LogP contribution in [0.2, 0.25) is 0 Å². The number of hydrogen-bond acceptors (Lipinski definition) is 2. The first kappa shape index (κ1) is 19.9. The summed E-state index contributed by atoms with van der Waals surface area (Å²) in [5.41, 5.74) is 5.55. The minimum absolute atomic E-state index is 0.103. The summed E-state index contributed by atoms with van der Waals surface area (Å²) in [6.45, 7) is 5.02. The Morgan fingerprint density at radius 3 is 2.48 bits per heavy atom. The Labute approximate surface area is 178 Å². The van der Waals surface area contributed by atoms with Crippen LogP contribution in [-0.4, -0.2) is 17.6 Å². The van der Waals surface area contributed by atoms with Crippen LogP contribution in [0, 0.1) is 13.8 Å². The molecule has 0 radical (unpaired) electrons. The van der Waals surface area contributed by atoms with Gasteiger partial charge in [-0.15, -0.1) is 0 Å². The minimum atomic E-state index is -0.103. The second kappa shape index (κ2) is 8.15. The first-order chi connectivity index (χ1) is 14.0. The highest BCUT2D eigenvalue weighted by Crippen LogP contribution is 2.40. The SMILES string of the molecule is Cc1ccc(NC(=S)NC2(c3ccccc3C)CCCC2)cc1N1CCCC1=O. The van der Waals surface area contributed by atoms with Crippen molar-refractivity contribution in [1.82, 2.24) is 5.32 Å². The van der Waals surface area contributed by atoms with Crippen molar-refractivity contribution in [2.45, 2.75) is 57.9 Å². The van der Waals surface area contributed by atoms with Crippen molar-refractivity contribution >= 4 is 34.6 Å². The second-order valence-corrected chi connectivity index (χ2v) is 8.74. The number of benzene rings is 2. The van der Waals surface area contributed by atoms with Gasteiger partial charge in [0.25, 0.3) is 0 Å². The van der Waals surface area contributed by atoms with Gasteiger partial charge in [0.2, 0.25) is 5.91 Å². The van der Waals surface area contributed by atoms with E-state index in [0.717, 1.165) is 42.7 Å². The van der Waals surface area contributed by atoms with Crippen molar-refractivity contribution in [3.05, 3.63) is 59.2 Å². The lowest BCUT2D eigenvalue weighted by Crippen LogP contribution is -2.46. The molecule has 1 heterocycles. The molecule has 0 bridgehead atoms. The third-order valence-electron chi connectivity index (χ3n) is 6.30. The van der Waals surface area contributed by atoms with E-state index in [1.165, 1.54) is 24.0 Å². The van der Waals surface area contributed by atoms with E-state index in [4.69, 9.17) is 12.2 Å². The van der Waals surface area contributed by atoms with Crippen molar-refractivity contribution in [3.8, 4) is 0 Å². The predicted molar refractivity (Wildman–Crippen MR) is 123 cm³/mol. The topological polar surface area (TPSA) is 44.4 Å². The van der Waals surface area contributed by atoms with Gasteiger partial charge in [0, 0.05) is 24.3 Å². The average Bonchev–Trinajstić information content (AvgIpc) is 3.33. The molecular weight excluding hydrogens is 378 g/mol. The van der Waals surface area contributed by atoms with Crippen LogP contribution in [0.25, 0.3) is 0 Å². The fourth-order valence-corrected chi connectivity index (χ4v) is 5.12. The summed E-state index contributed by atoms with van der Waals surface area (Å²) in [5.74, 6) is 0.204. The Hall–Kier alpha value is -2.40. The molecule has 1 aliphatic heterocycles. The molecule has 2 aliphatic rings. The summed E-state index contributed by atoms with van der Waals surface area (Å²) in [5, 5.41) is 7.66. The number of carbonyl (C=O) groups excluding carboxylic acids is 1. The highest BCUT2D eigenvalue weighted by atomic mass is 32.1. The Morgan fingerprint density at radius 1 is 1.03 bits per heavy atom. The molecule has 1 saturated carbocycles. The lowest BCUT2D eigenvalue weighted by atomic mass is 9.85. The molecule has 4 rings (SSSR count). The van der Waals surface area contributed by atoms with Crippen LogP contribution in [0.5, 0.6) is 0 Å². The molecule has 5 heteroatoms. The van der Waals surface area contributed by atoms with Gasteiger partial charge in [-0.2, -0.15) is 0 Å². The molecule has 2 N–H and O–H groups in total. The van der Waals surface area contributed by atoms with Crippen LogP contribution in [-0.2, 0) is 10.3 Å². The summed E-state index contributed by atoms with van der Waals surface area (Å²) in [6.07, 6.45) is 6.14. The Balaban J connectivity index is 1.53. The Bertz CT molecular complexity index is 933. The zero-order chi connectivity index (χ0) is 20.4. The number of amides is 1. The number of thiocarbonyl (C=S) groups is 1. The van der Waals surface area contributed by atoms with Crippen LogP contribution in [0.3, 0.4) is 0 Å².